The van der Waals surface area contributed by atoms with E-state index in [2.05, 4.69) is 57.3 Å². The summed E-state index contributed by atoms with van der Waals surface area (Å²) in [5.41, 5.74) is 1.99. The predicted molar refractivity (Wildman–Crippen MR) is 90.6 cm³/mol. The zero-order valence-corrected chi connectivity index (χ0v) is 14.4. The van der Waals surface area contributed by atoms with Gasteiger partial charge in [-0.25, -0.2) is 0 Å². The molecule has 0 aromatic heterocycles. The van der Waals surface area contributed by atoms with E-state index in [0.29, 0.717) is 11.3 Å². The lowest BCUT2D eigenvalue weighted by molar-refractivity contribution is 0.159. The average molecular weight is 349 g/mol. The van der Waals surface area contributed by atoms with Crippen LogP contribution in [0.3, 0.4) is 0 Å². The van der Waals surface area contributed by atoms with Gasteiger partial charge in [-0.05, 0) is 56.2 Å². The van der Waals surface area contributed by atoms with Crippen LogP contribution in [0.4, 0.5) is 0 Å². The summed E-state index contributed by atoms with van der Waals surface area (Å²) in [4.78, 5) is 2.81. The molecule has 2 heterocycles. The molecule has 3 heteroatoms. The van der Waals surface area contributed by atoms with Crippen LogP contribution in [0.1, 0.15) is 44.1 Å². The Labute approximate surface area is 136 Å². The number of hydrogen-bond acceptors (Lipinski definition) is 2. The van der Waals surface area contributed by atoms with Gasteiger partial charge in [0.25, 0.3) is 0 Å². The van der Waals surface area contributed by atoms with E-state index < -0.39 is 0 Å². The Kier molecular flexibility index (Phi) is 3.63. The number of nitrogens with zero attached hydrogens (tertiary/aromatic N) is 1. The summed E-state index contributed by atoms with van der Waals surface area (Å²) in [5.74, 6) is 0.646. The van der Waals surface area contributed by atoms with Crippen LogP contribution in [0.2, 0.25) is 0 Å². The maximum absolute atomic E-state index is 3.79. The highest BCUT2D eigenvalue weighted by Gasteiger charge is 2.51. The summed E-state index contributed by atoms with van der Waals surface area (Å²) >= 11 is 3.79. The molecule has 1 aromatic carbocycles. The second kappa shape index (κ2) is 5.36. The Morgan fingerprint density at radius 2 is 2.10 bits per heavy atom. The molecule has 2 nitrogen and oxygen atoms in total. The fraction of sp³-hybridized carbons (Fsp3) is 0.667. The Hall–Kier alpha value is -0.380. The highest BCUT2D eigenvalue weighted by molar-refractivity contribution is 9.10. The zero-order valence-electron chi connectivity index (χ0n) is 12.8. The van der Waals surface area contributed by atoms with Crippen LogP contribution >= 0.6 is 15.9 Å². The van der Waals surface area contributed by atoms with Gasteiger partial charge in [-0.3, -0.25) is 4.90 Å². The van der Waals surface area contributed by atoms with E-state index in [1.807, 2.05) is 0 Å². The van der Waals surface area contributed by atoms with E-state index in [-0.39, 0.29) is 0 Å². The fourth-order valence-corrected chi connectivity index (χ4v) is 5.35. The first kappa shape index (κ1) is 14.2. The molecular formula is C18H25BrN2. The minimum absolute atomic E-state index is 0.483. The van der Waals surface area contributed by atoms with Gasteiger partial charge in [0.2, 0.25) is 0 Å². The van der Waals surface area contributed by atoms with Gasteiger partial charge in [0.05, 0.1) is 0 Å². The van der Waals surface area contributed by atoms with Crippen LogP contribution < -0.4 is 5.32 Å². The van der Waals surface area contributed by atoms with Crippen molar-refractivity contribution in [3.8, 4) is 0 Å². The van der Waals surface area contributed by atoms with Crippen molar-refractivity contribution < 1.29 is 0 Å². The lowest BCUT2D eigenvalue weighted by atomic mass is 9.66. The third kappa shape index (κ3) is 2.47. The lowest BCUT2D eigenvalue weighted by Gasteiger charge is -2.42. The standard InChI is InChI=1S/C18H25BrN2/c1-13-10-18(12-21(13)14-6-7-14)8-9-20-11-16(18)15-4-2-3-5-17(15)19/h2-5,13-14,16,20H,6-12H2,1H3. The Morgan fingerprint density at radius 1 is 1.29 bits per heavy atom. The van der Waals surface area contributed by atoms with E-state index in [9.17, 15) is 0 Å². The van der Waals surface area contributed by atoms with Crippen molar-refractivity contribution in [2.24, 2.45) is 5.41 Å². The maximum Gasteiger partial charge on any atom is 0.0210 e. The van der Waals surface area contributed by atoms with Gasteiger partial charge in [0.1, 0.15) is 0 Å². The number of halogens is 1. The van der Waals surface area contributed by atoms with Crippen LogP contribution in [0.25, 0.3) is 0 Å². The van der Waals surface area contributed by atoms with E-state index in [1.165, 1.54) is 48.8 Å². The van der Waals surface area contributed by atoms with Crippen LogP contribution in [-0.2, 0) is 0 Å². The predicted octanol–water partition coefficient (Wildman–Crippen LogP) is 3.77. The van der Waals surface area contributed by atoms with Crippen molar-refractivity contribution in [3.05, 3.63) is 34.3 Å². The molecule has 2 aliphatic heterocycles. The van der Waals surface area contributed by atoms with E-state index in [4.69, 9.17) is 0 Å². The summed E-state index contributed by atoms with van der Waals surface area (Å²) in [6.45, 7) is 6.08. The van der Waals surface area contributed by atoms with E-state index >= 15 is 0 Å². The van der Waals surface area contributed by atoms with Crippen molar-refractivity contribution in [3.63, 3.8) is 0 Å². The Balaban J connectivity index is 1.67. The minimum Gasteiger partial charge on any atom is -0.316 e. The molecule has 1 saturated carbocycles. The second-order valence-electron chi connectivity index (χ2n) is 7.35. The molecule has 3 atom stereocenters. The Bertz CT molecular complexity index is 528. The van der Waals surface area contributed by atoms with Gasteiger partial charge in [0.15, 0.2) is 0 Å². The van der Waals surface area contributed by atoms with Crippen LogP contribution in [0.5, 0.6) is 0 Å². The van der Waals surface area contributed by atoms with Crippen LogP contribution in [0.15, 0.2) is 28.7 Å². The monoisotopic (exact) mass is 348 g/mol. The highest BCUT2D eigenvalue weighted by Crippen LogP contribution is 2.52. The molecule has 0 bridgehead atoms. The summed E-state index contributed by atoms with van der Waals surface area (Å²) < 4.78 is 1.29. The number of likely N-dealkylation sites (tertiary alicyclic amines) is 1. The van der Waals surface area contributed by atoms with Gasteiger partial charge in [0, 0.05) is 35.6 Å². The fourth-order valence-electron chi connectivity index (χ4n) is 4.79. The SMILES string of the molecule is CC1CC2(CCNCC2c2ccccc2Br)CN1C1CC1. The molecule has 3 unspecified atom stereocenters. The third-order valence-electron chi connectivity index (χ3n) is 5.95. The molecule has 3 aliphatic rings. The molecule has 1 aromatic rings. The molecule has 3 fully saturated rings. The molecular weight excluding hydrogens is 324 g/mol. The van der Waals surface area contributed by atoms with Crippen LogP contribution in [-0.4, -0.2) is 36.6 Å². The van der Waals surface area contributed by atoms with Crippen molar-refractivity contribution >= 4 is 15.9 Å². The van der Waals surface area contributed by atoms with Gasteiger partial charge < -0.3 is 5.32 Å². The summed E-state index contributed by atoms with van der Waals surface area (Å²) in [6, 6.07) is 10.5. The zero-order chi connectivity index (χ0) is 14.4. The van der Waals surface area contributed by atoms with Crippen molar-refractivity contribution in [2.45, 2.75) is 50.6 Å². The quantitative estimate of drug-likeness (QED) is 0.874. The van der Waals surface area contributed by atoms with E-state index in [0.717, 1.165) is 18.6 Å². The first-order chi connectivity index (χ1) is 10.2. The molecule has 2 saturated heterocycles. The summed E-state index contributed by atoms with van der Waals surface area (Å²) in [5, 5.41) is 3.65. The highest BCUT2D eigenvalue weighted by atomic mass is 79.9. The average Bonchev–Trinajstić information content (AvgIpc) is 3.26. The largest absolute Gasteiger partial charge is 0.316 e. The summed E-state index contributed by atoms with van der Waals surface area (Å²) in [6.07, 6.45) is 5.56. The molecule has 21 heavy (non-hydrogen) atoms. The molecule has 1 N–H and O–H groups in total. The van der Waals surface area contributed by atoms with Gasteiger partial charge in [-0.2, -0.15) is 0 Å². The summed E-state index contributed by atoms with van der Waals surface area (Å²) in [7, 11) is 0. The molecule has 114 valence electrons. The maximum atomic E-state index is 3.79. The minimum atomic E-state index is 0.483. The normalized spacial score (nSPS) is 37.2. The van der Waals surface area contributed by atoms with Crippen LogP contribution in [0, 0.1) is 5.41 Å². The number of piperidine rings is 1. The molecule has 0 amide bonds. The first-order valence-corrected chi connectivity index (χ1v) is 9.20. The number of hydrogen-bond donors (Lipinski definition) is 1. The first-order valence-electron chi connectivity index (χ1n) is 8.40. The molecule has 1 aliphatic carbocycles. The van der Waals surface area contributed by atoms with Crippen molar-refractivity contribution in [2.75, 3.05) is 19.6 Å². The molecule has 4 rings (SSSR count). The van der Waals surface area contributed by atoms with Crippen molar-refractivity contribution in [1.29, 1.82) is 0 Å². The second-order valence-corrected chi connectivity index (χ2v) is 8.20. The van der Waals surface area contributed by atoms with Crippen molar-refractivity contribution in [1.82, 2.24) is 10.2 Å². The Morgan fingerprint density at radius 3 is 2.86 bits per heavy atom. The number of rotatable bonds is 2. The molecule has 1 spiro atoms. The smallest absolute Gasteiger partial charge is 0.0210 e. The topological polar surface area (TPSA) is 15.3 Å². The van der Waals surface area contributed by atoms with Gasteiger partial charge in [-0.1, -0.05) is 34.1 Å². The van der Waals surface area contributed by atoms with E-state index in [1.54, 1.807) is 0 Å². The molecule has 0 radical (unpaired) electrons. The van der Waals surface area contributed by atoms with Gasteiger partial charge >= 0.3 is 0 Å². The lowest BCUT2D eigenvalue weighted by Crippen LogP contribution is -2.45. The third-order valence-corrected chi connectivity index (χ3v) is 6.67. The number of benzene rings is 1. The number of nitrogens with one attached hydrogen (secondary N) is 1. The van der Waals surface area contributed by atoms with Gasteiger partial charge in [-0.15, -0.1) is 0 Å².